The standard InChI is InChI=1S/C23H25N3O2/c1-28-19-9-6-8-18(15-19)21(26-13-4-5-14-26)16-25-23(27)22-20-10-3-2-7-17(20)11-12-24-22/h2-3,6-12,15,21H,4-5,13-14,16H2,1H3,(H,25,27). The van der Waals surface area contributed by atoms with Crippen LogP contribution in [0.3, 0.4) is 0 Å². The molecule has 4 rings (SSSR count). The number of nitrogens with zero attached hydrogens (tertiary/aromatic N) is 2. The maximum atomic E-state index is 12.9. The zero-order valence-corrected chi connectivity index (χ0v) is 16.1. The van der Waals surface area contributed by atoms with Crippen LogP contribution in [0.25, 0.3) is 10.8 Å². The van der Waals surface area contributed by atoms with E-state index in [0.29, 0.717) is 12.2 Å². The molecule has 0 saturated carbocycles. The van der Waals surface area contributed by atoms with Crippen LogP contribution < -0.4 is 10.1 Å². The summed E-state index contributed by atoms with van der Waals surface area (Å²) in [6, 6.07) is 18.0. The lowest BCUT2D eigenvalue weighted by Crippen LogP contribution is -2.37. The van der Waals surface area contributed by atoms with Crippen molar-refractivity contribution in [1.82, 2.24) is 15.2 Å². The molecule has 1 aliphatic rings. The van der Waals surface area contributed by atoms with Crippen LogP contribution in [0, 0.1) is 0 Å². The van der Waals surface area contributed by atoms with Gasteiger partial charge in [0.25, 0.3) is 5.91 Å². The Balaban J connectivity index is 1.56. The van der Waals surface area contributed by atoms with E-state index in [4.69, 9.17) is 4.74 Å². The predicted molar refractivity (Wildman–Crippen MR) is 111 cm³/mol. The molecular weight excluding hydrogens is 350 g/mol. The van der Waals surface area contributed by atoms with Crippen LogP contribution in [-0.2, 0) is 0 Å². The van der Waals surface area contributed by atoms with E-state index in [-0.39, 0.29) is 11.9 Å². The molecule has 2 heterocycles. The summed E-state index contributed by atoms with van der Waals surface area (Å²) in [6.45, 7) is 2.63. The fraction of sp³-hybridized carbons (Fsp3) is 0.304. The van der Waals surface area contributed by atoms with Gasteiger partial charge in [0.15, 0.2) is 0 Å². The Labute approximate surface area is 165 Å². The molecule has 2 aromatic carbocycles. The molecule has 1 atom stereocenters. The molecule has 0 aliphatic carbocycles. The number of amides is 1. The van der Waals surface area contributed by atoms with Crippen LogP contribution in [-0.4, -0.2) is 42.5 Å². The van der Waals surface area contributed by atoms with Crippen molar-refractivity contribution < 1.29 is 9.53 Å². The van der Waals surface area contributed by atoms with Crippen LogP contribution in [0.5, 0.6) is 5.75 Å². The molecule has 1 amide bonds. The molecule has 1 fully saturated rings. The van der Waals surface area contributed by atoms with Crippen molar-refractivity contribution in [3.05, 3.63) is 72.1 Å². The number of benzene rings is 2. The number of hydrogen-bond donors (Lipinski definition) is 1. The van der Waals surface area contributed by atoms with Crippen molar-refractivity contribution in [3.8, 4) is 5.75 Å². The first kappa shape index (κ1) is 18.4. The molecule has 3 aromatic rings. The molecule has 5 heteroatoms. The van der Waals surface area contributed by atoms with Crippen molar-refractivity contribution in [2.45, 2.75) is 18.9 Å². The number of hydrogen-bond acceptors (Lipinski definition) is 4. The molecule has 1 saturated heterocycles. The number of pyridine rings is 1. The second kappa shape index (κ2) is 8.40. The number of ether oxygens (including phenoxy) is 1. The van der Waals surface area contributed by atoms with Gasteiger partial charge in [-0.3, -0.25) is 14.7 Å². The van der Waals surface area contributed by atoms with E-state index in [1.54, 1.807) is 13.3 Å². The lowest BCUT2D eigenvalue weighted by molar-refractivity contribution is 0.0935. The average Bonchev–Trinajstić information content (AvgIpc) is 3.28. The lowest BCUT2D eigenvalue weighted by Gasteiger charge is -2.28. The summed E-state index contributed by atoms with van der Waals surface area (Å²) in [7, 11) is 1.68. The highest BCUT2D eigenvalue weighted by Gasteiger charge is 2.25. The highest BCUT2D eigenvalue weighted by molar-refractivity contribution is 6.05. The summed E-state index contributed by atoms with van der Waals surface area (Å²) in [5.41, 5.74) is 1.64. The Kier molecular flexibility index (Phi) is 5.53. The van der Waals surface area contributed by atoms with Crippen molar-refractivity contribution in [2.75, 3.05) is 26.7 Å². The molecule has 0 bridgehead atoms. The number of aromatic nitrogens is 1. The molecule has 0 radical (unpaired) electrons. The molecule has 5 nitrogen and oxygen atoms in total. The predicted octanol–water partition coefficient (Wildman–Crippen LogP) is 3.81. The molecule has 1 aliphatic heterocycles. The van der Waals surface area contributed by atoms with E-state index in [9.17, 15) is 4.79 Å². The minimum absolute atomic E-state index is 0.122. The average molecular weight is 375 g/mol. The Bertz CT molecular complexity index is 961. The third-order valence-corrected chi connectivity index (χ3v) is 5.40. The summed E-state index contributed by atoms with van der Waals surface area (Å²) in [5.74, 6) is 0.702. The van der Waals surface area contributed by atoms with Gasteiger partial charge in [0, 0.05) is 18.1 Å². The van der Waals surface area contributed by atoms with Gasteiger partial charge in [-0.15, -0.1) is 0 Å². The molecule has 1 N–H and O–H groups in total. The van der Waals surface area contributed by atoms with E-state index >= 15 is 0 Å². The highest BCUT2D eigenvalue weighted by atomic mass is 16.5. The number of nitrogens with one attached hydrogen (secondary N) is 1. The van der Waals surface area contributed by atoms with E-state index in [1.165, 1.54) is 12.8 Å². The van der Waals surface area contributed by atoms with Gasteiger partial charge in [-0.2, -0.15) is 0 Å². The summed E-state index contributed by atoms with van der Waals surface area (Å²) in [6.07, 6.45) is 4.08. The van der Waals surface area contributed by atoms with Crippen molar-refractivity contribution >= 4 is 16.7 Å². The minimum Gasteiger partial charge on any atom is -0.497 e. The summed E-state index contributed by atoms with van der Waals surface area (Å²) >= 11 is 0. The zero-order chi connectivity index (χ0) is 19.3. The third-order valence-electron chi connectivity index (χ3n) is 5.40. The molecular formula is C23H25N3O2. The number of carbonyl (C=O) groups excluding carboxylic acids is 1. The van der Waals surface area contributed by atoms with Crippen LogP contribution in [0.2, 0.25) is 0 Å². The van der Waals surface area contributed by atoms with Gasteiger partial charge in [-0.1, -0.05) is 36.4 Å². The van der Waals surface area contributed by atoms with Gasteiger partial charge in [0.1, 0.15) is 11.4 Å². The van der Waals surface area contributed by atoms with Gasteiger partial charge in [-0.05, 0) is 55.1 Å². The Hall–Kier alpha value is -2.92. The first-order chi connectivity index (χ1) is 13.8. The highest BCUT2D eigenvalue weighted by Crippen LogP contribution is 2.27. The first-order valence-electron chi connectivity index (χ1n) is 9.76. The van der Waals surface area contributed by atoms with Crippen LogP contribution in [0.15, 0.2) is 60.8 Å². The maximum absolute atomic E-state index is 12.9. The van der Waals surface area contributed by atoms with E-state index in [0.717, 1.165) is 35.2 Å². The van der Waals surface area contributed by atoms with Crippen molar-refractivity contribution in [2.24, 2.45) is 0 Å². The van der Waals surface area contributed by atoms with Crippen molar-refractivity contribution in [1.29, 1.82) is 0 Å². The Morgan fingerprint density at radius 1 is 1.14 bits per heavy atom. The first-order valence-corrected chi connectivity index (χ1v) is 9.76. The Morgan fingerprint density at radius 2 is 1.96 bits per heavy atom. The largest absolute Gasteiger partial charge is 0.497 e. The van der Waals surface area contributed by atoms with Gasteiger partial charge in [-0.25, -0.2) is 0 Å². The smallest absolute Gasteiger partial charge is 0.270 e. The van der Waals surface area contributed by atoms with Gasteiger partial charge in [0.2, 0.25) is 0 Å². The topological polar surface area (TPSA) is 54.5 Å². The molecule has 1 unspecified atom stereocenters. The molecule has 0 spiro atoms. The van der Waals surface area contributed by atoms with E-state index in [2.05, 4.69) is 27.3 Å². The summed E-state index contributed by atoms with van der Waals surface area (Å²) in [4.78, 5) is 19.7. The minimum atomic E-state index is -0.135. The molecule has 1 aromatic heterocycles. The molecule has 28 heavy (non-hydrogen) atoms. The monoisotopic (exact) mass is 375 g/mol. The normalized spacial score (nSPS) is 15.5. The summed E-state index contributed by atoms with van der Waals surface area (Å²) in [5, 5.41) is 5.02. The number of methoxy groups -OCH3 is 1. The third kappa shape index (κ3) is 3.85. The fourth-order valence-corrected chi connectivity index (χ4v) is 3.93. The second-order valence-corrected chi connectivity index (χ2v) is 7.13. The van der Waals surface area contributed by atoms with E-state index in [1.807, 2.05) is 42.5 Å². The van der Waals surface area contributed by atoms with Gasteiger partial charge >= 0.3 is 0 Å². The quantitative estimate of drug-likeness (QED) is 0.712. The number of likely N-dealkylation sites (tertiary alicyclic amines) is 1. The molecule has 144 valence electrons. The van der Waals surface area contributed by atoms with Crippen LogP contribution >= 0.6 is 0 Å². The summed E-state index contributed by atoms with van der Waals surface area (Å²) < 4.78 is 5.39. The van der Waals surface area contributed by atoms with Gasteiger partial charge < -0.3 is 10.1 Å². The number of rotatable bonds is 6. The van der Waals surface area contributed by atoms with Gasteiger partial charge in [0.05, 0.1) is 13.2 Å². The Morgan fingerprint density at radius 3 is 2.79 bits per heavy atom. The zero-order valence-electron chi connectivity index (χ0n) is 16.1. The van der Waals surface area contributed by atoms with Crippen LogP contribution in [0.1, 0.15) is 34.9 Å². The van der Waals surface area contributed by atoms with Crippen molar-refractivity contribution in [3.63, 3.8) is 0 Å². The number of carbonyl (C=O) groups is 1. The maximum Gasteiger partial charge on any atom is 0.270 e. The SMILES string of the molecule is COc1cccc(C(CNC(=O)c2nccc3ccccc23)N2CCCC2)c1. The van der Waals surface area contributed by atoms with Crippen LogP contribution in [0.4, 0.5) is 0 Å². The van der Waals surface area contributed by atoms with E-state index < -0.39 is 0 Å². The lowest BCUT2D eigenvalue weighted by atomic mass is 10.0. The fourth-order valence-electron chi connectivity index (χ4n) is 3.93. The number of fused-ring (bicyclic) bond motifs is 1. The second-order valence-electron chi connectivity index (χ2n) is 7.13.